The molecule has 0 aliphatic heterocycles. The summed E-state index contributed by atoms with van der Waals surface area (Å²) in [6, 6.07) is 7.93. The average Bonchev–Trinajstić information content (AvgIpc) is 2.50. The average molecular weight is 315 g/mol. The molecule has 0 spiro atoms. The van der Waals surface area contributed by atoms with Gasteiger partial charge in [-0.25, -0.2) is 0 Å². The molecule has 8 nitrogen and oxygen atoms in total. The summed E-state index contributed by atoms with van der Waals surface area (Å²) in [6.07, 6.45) is 0. The van der Waals surface area contributed by atoms with E-state index in [1.165, 1.54) is 36.4 Å². The van der Waals surface area contributed by atoms with Crippen molar-refractivity contribution >= 4 is 23.0 Å². The SMILES string of the molecule is Cc1cc([N+](=O)[O-])cc(C)c1NC(=O)c1ccc([N+](=O)[O-])cc1. The van der Waals surface area contributed by atoms with Crippen molar-refractivity contribution in [2.75, 3.05) is 5.32 Å². The van der Waals surface area contributed by atoms with Gasteiger partial charge in [0.25, 0.3) is 17.3 Å². The third-order valence-corrected chi connectivity index (χ3v) is 3.31. The molecule has 0 saturated carbocycles. The molecule has 8 heteroatoms. The second-order valence-electron chi connectivity index (χ2n) is 4.97. The maximum Gasteiger partial charge on any atom is 0.270 e. The van der Waals surface area contributed by atoms with E-state index in [1.807, 2.05) is 0 Å². The van der Waals surface area contributed by atoms with Crippen LogP contribution in [0.3, 0.4) is 0 Å². The zero-order valence-electron chi connectivity index (χ0n) is 12.4. The number of carbonyl (C=O) groups is 1. The number of rotatable bonds is 4. The smallest absolute Gasteiger partial charge is 0.270 e. The van der Waals surface area contributed by atoms with E-state index in [1.54, 1.807) is 13.8 Å². The van der Waals surface area contributed by atoms with E-state index in [9.17, 15) is 25.0 Å². The lowest BCUT2D eigenvalue weighted by Crippen LogP contribution is -2.14. The lowest BCUT2D eigenvalue weighted by Gasteiger charge is -2.11. The first-order chi connectivity index (χ1) is 10.8. The maximum absolute atomic E-state index is 12.2. The number of nitro groups is 2. The second kappa shape index (κ2) is 6.22. The number of nitrogens with one attached hydrogen (secondary N) is 1. The molecule has 0 saturated heterocycles. The molecule has 0 bridgehead atoms. The Morgan fingerprint density at radius 3 is 1.83 bits per heavy atom. The Morgan fingerprint density at radius 2 is 1.39 bits per heavy atom. The number of anilines is 1. The Labute approximate surface area is 131 Å². The van der Waals surface area contributed by atoms with Gasteiger partial charge in [0, 0.05) is 35.5 Å². The van der Waals surface area contributed by atoms with Crippen LogP contribution in [0.2, 0.25) is 0 Å². The quantitative estimate of drug-likeness (QED) is 0.686. The van der Waals surface area contributed by atoms with Gasteiger partial charge in [0.2, 0.25) is 0 Å². The van der Waals surface area contributed by atoms with Gasteiger partial charge in [-0.3, -0.25) is 25.0 Å². The molecule has 1 N–H and O–H groups in total. The first-order valence-electron chi connectivity index (χ1n) is 6.61. The molecule has 0 fully saturated rings. The Bertz CT molecular complexity index is 776. The van der Waals surface area contributed by atoms with Crippen LogP contribution in [0.5, 0.6) is 0 Å². The number of benzene rings is 2. The summed E-state index contributed by atoms with van der Waals surface area (Å²) in [5.41, 5.74) is 1.71. The first kappa shape index (κ1) is 16.1. The number of carbonyl (C=O) groups excluding carboxylic acids is 1. The lowest BCUT2D eigenvalue weighted by molar-refractivity contribution is -0.385. The number of nitrogens with zero attached hydrogens (tertiary/aromatic N) is 2. The summed E-state index contributed by atoms with van der Waals surface area (Å²) >= 11 is 0. The molecular formula is C15H13N3O5. The van der Waals surface area contributed by atoms with Crippen LogP contribution < -0.4 is 5.32 Å². The number of hydrogen-bond acceptors (Lipinski definition) is 5. The van der Waals surface area contributed by atoms with Gasteiger partial charge in [0.1, 0.15) is 0 Å². The highest BCUT2D eigenvalue weighted by Crippen LogP contribution is 2.26. The molecule has 118 valence electrons. The zero-order chi connectivity index (χ0) is 17.1. The Balaban J connectivity index is 2.26. The van der Waals surface area contributed by atoms with Crippen LogP contribution in [-0.4, -0.2) is 15.8 Å². The summed E-state index contributed by atoms with van der Waals surface area (Å²) in [6.45, 7) is 3.32. The van der Waals surface area contributed by atoms with Gasteiger partial charge >= 0.3 is 0 Å². The Kier molecular flexibility index (Phi) is 4.35. The molecule has 0 aliphatic carbocycles. The van der Waals surface area contributed by atoms with Gasteiger partial charge in [-0.05, 0) is 37.1 Å². The Hall–Kier alpha value is -3.29. The topological polar surface area (TPSA) is 115 Å². The van der Waals surface area contributed by atoms with Gasteiger partial charge < -0.3 is 5.32 Å². The van der Waals surface area contributed by atoms with Crippen molar-refractivity contribution in [3.8, 4) is 0 Å². The third-order valence-electron chi connectivity index (χ3n) is 3.31. The van der Waals surface area contributed by atoms with Crippen LogP contribution in [-0.2, 0) is 0 Å². The van der Waals surface area contributed by atoms with Gasteiger partial charge in [-0.15, -0.1) is 0 Å². The fourth-order valence-corrected chi connectivity index (χ4v) is 2.16. The van der Waals surface area contributed by atoms with Crippen molar-refractivity contribution in [2.24, 2.45) is 0 Å². The summed E-state index contributed by atoms with van der Waals surface area (Å²) in [5.74, 6) is -0.444. The van der Waals surface area contributed by atoms with Crippen molar-refractivity contribution < 1.29 is 14.6 Å². The largest absolute Gasteiger partial charge is 0.321 e. The highest BCUT2D eigenvalue weighted by molar-refractivity contribution is 6.05. The van der Waals surface area contributed by atoms with E-state index in [0.29, 0.717) is 16.8 Å². The normalized spacial score (nSPS) is 10.2. The van der Waals surface area contributed by atoms with Crippen molar-refractivity contribution in [1.82, 2.24) is 0 Å². The predicted octanol–water partition coefficient (Wildman–Crippen LogP) is 3.37. The second-order valence-corrected chi connectivity index (χ2v) is 4.97. The maximum atomic E-state index is 12.2. The molecular weight excluding hydrogens is 302 g/mol. The van der Waals surface area contributed by atoms with Crippen LogP contribution in [0.4, 0.5) is 17.1 Å². The van der Waals surface area contributed by atoms with E-state index >= 15 is 0 Å². The monoisotopic (exact) mass is 315 g/mol. The van der Waals surface area contributed by atoms with E-state index in [2.05, 4.69) is 5.32 Å². The standard InChI is InChI=1S/C15H13N3O5/c1-9-7-13(18(22)23)8-10(2)14(9)16-15(19)11-3-5-12(6-4-11)17(20)21/h3-8H,1-2H3,(H,16,19). The molecule has 0 unspecified atom stereocenters. The fourth-order valence-electron chi connectivity index (χ4n) is 2.16. The molecule has 0 radical (unpaired) electrons. The van der Waals surface area contributed by atoms with E-state index in [-0.39, 0.29) is 16.9 Å². The summed E-state index contributed by atoms with van der Waals surface area (Å²) in [4.78, 5) is 32.6. The van der Waals surface area contributed by atoms with Crippen molar-refractivity contribution in [2.45, 2.75) is 13.8 Å². The van der Waals surface area contributed by atoms with Crippen LogP contribution >= 0.6 is 0 Å². The van der Waals surface area contributed by atoms with Gasteiger partial charge in [-0.1, -0.05) is 0 Å². The number of hydrogen-bond donors (Lipinski definition) is 1. The molecule has 2 aromatic rings. The highest BCUT2D eigenvalue weighted by Gasteiger charge is 2.15. The fraction of sp³-hybridized carbons (Fsp3) is 0.133. The molecule has 2 aromatic carbocycles. The minimum absolute atomic E-state index is 0.0478. The van der Waals surface area contributed by atoms with Gasteiger partial charge in [0.05, 0.1) is 9.85 Å². The summed E-state index contributed by atoms with van der Waals surface area (Å²) in [5, 5.41) is 24.1. The number of non-ortho nitro benzene ring substituents is 2. The van der Waals surface area contributed by atoms with Crippen LogP contribution in [0.1, 0.15) is 21.5 Å². The van der Waals surface area contributed by atoms with Gasteiger partial charge in [-0.2, -0.15) is 0 Å². The molecule has 23 heavy (non-hydrogen) atoms. The number of amides is 1. The van der Waals surface area contributed by atoms with Gasteiger partial charge in [0.15, 0.2) is 0 Å². The lowest BCUT2D eigenvalue weighted by atomic mass is 10.1. The van der Waals surface area contributed by atoms with E-state index in [0.717, 1.165) is 0 Å². The summed E-state index contributed by atoms with van der Waals surface area (Å²) < 4.78 is 0. The van der Waals surface area contributed by atoms with Crippen LogP contribution in [0.15, 0.2) is 36.4 Å². The van der Waals surface area contributed by atoms with Crippen LogP contribution in [0, 0.1) is 34.1 Å². The zero-order valence-corrected chi connectivity index (χ0v) is 12.4. The molecule has 0 heterocycles. The van der Waals surface area contributed by atoms with Crippen molar-refractivity contribution in [3.63, 3.8) is 0 Å². The molecule has 1 amide bonds. The Morgan fingerprint density at radius 1 is 0.913 bits per heavy atom. The number of aryl methyl sites for hydroxylation is 2. The third kappa shape index (κ3) is 3.49. The van der Waals surface area contributed by atoms with E-state index in [4.69, 9.17) is 0 Å². The van der Waals surface area contributed by atoms with E-state index < -0.39 is 15.8 Å². The number of nitro benzene ring substituents is 2. The first-order valence-corrected chi connectivity index (χ1v) is 6.61. The predicted molar refractivity (Wildman–Crippen MR) is 83.6 cm³/mol. The molecule has 0 aliphatic rings. The molecule has 2 rings (SSSR count). The highest BCUT2D eigenvalue weighted by atomic mass is 16.6. The minimum atomic E-state index is -0.549. The molecule has 0 aromatic heterocycles. The summed E-state index contributed by atoms with van der Waals surface area (Å²) in [7, 11) is 0. The minimum Gasteiger partial charge on any atom is -0.321 e. The van der Waals surface area contributed by atoms with Crippen molar-refractivity contribution in [3.05, 3.63) is 73.3 Å². The molecule has 0 atom stereocenters. The van der Waals surface area contributed by atoms with Crippen LogP contribution in [0.25, 0.3) is 0 Å². The van der Waals surface area contributed by atoms with Crippen molar-refractivity contribution in [1.29, 1.82) is 0 Å².